The van der Waals surface area contributed by atoms with Gasteiger partial charge in [-0.3, -0.25) is 0 Å². The van der Waals surface area contributed by atoms with E-state index in [0.717, 1.165) is 36.5 Å². The molecule has 82 heavy (non-hydrogen) atoms. The predicted molar refractivity (Wildman–Crippen MR) is 364 cm³/mol. The van der Waals surface area contributed by atoms with Crippen LogP contribution in [-0.4, -0.2) is 0 Å². The smallest absolute Gasteiger partial charge is 0.00169 e. The number of hydrogen-bond donors (Lipinski definition) is 0. The van der Waals surface area contributed by atoms with Crippen LogP contribution in [0.5, 0.6) is 0 Å². The molecular weight excluding hydrogens is 985 g/mol. The summed E-state index contributed by atoms with van der Waals surface area (Å²) in [5, 5.41) is 2.35. The number of allylic oxidation sites excluding steroid dienone is 3. The van der Waals surface area contributed by atoms with E-state index in [4.69, 9.17) is 13.2 Å². The number of benzene rings is 6. The summed E-state index contributed by atoms with van der Waals surface area (Å²) in [6.07, 6.45) is 3.37. The first-order valence-corrected chi connectivity index (χ1v) is 31.1. The maximum Gasteiger partial charge on any atom is -0.00169 e. The lowest BCUT2D eigenvalue weighted by Gasteiger charge is -2.33. The van der Waals surface area contributed by atoms with Gasteiger partial charge in [-0.2, -0.15) is 0 Å². The van der Waals surface area contributed by atoms with Gasteiger partial charge in [-0.05, 0) is 247 Å². The van der Waals surface area contributed by atoms with E-state index in [-0.39, 0.29) is 43.3 Å². The Bertz CT molecular complexity index is 3390. The second kappa shape index (κ2) is 21.9. The minimum Gasteiger partial charge on any atom is -0.0908 e. The first-order chi connectivity index (χ1) is 37.1. The summed E-state index contributed by atoms with van der Waals surface area (Å²) in [5.74, 6) is 0. The average Bonchev–Trinajstić information content (AvgIpc) is 3.32. The Kier molecular flexibility index (Phi) is 17.1. The molecule has 6 aromatic rings. The molecule has 7 rings (SSSR count). The standard InChI is InChI=1S/C82H110/c1-49-61(33-57-38-66(79(19,20)21)47-67(39-57)80(22,23)24)44-71(52(4)70(49)42-58-40-68(81(25,26)27)48-69(41-58)82(28,29)30)72-53(5)74(54(72)6)73-50(2)59(31-55-34-62(75(7,8)9)45-63(35-55)76(10,11)12)43-60(51(73)3)32-56-36-64(77(13,14)15)46-65(37-56)78(16,17)18/h34-41,43-48H,4-5,31-33,42H2,1-3,6-30H3/b72-71+. The molecule has 1 aliphatic carbocycles. The zero-order valence-corrected chi connectivity index (χ0v) is 57.3. The van der Waals surface area contributed by atoms with Gasteiger partial charge in [0.1, 0.15) is 0 Å². The molecule has 0 saturated heterocycles. The number of hydrogen-bond acceptors (Lipinski definition) is 0. The monoisotopic (exact) mass is 1090 g/mol. The van der Waals surface area contributed by atoms with Gasteiger partial charge >= 0.3 is 0 Å². The van der Waals surface area contributed by atoms with Crippen LogP contribution in [0.1, 0.15) is 284 Å². The van der Waals surface area contributed by atoms with Crippen LogP contribution in [0.25, 0.3) is 17.7 Å². The summed E-state index contributed by atoms with van der Waals surface area (Å²) in [6, 6.07) is 34.8. The average molecular weight is 1100 g/mol. The molecule has 0 nitrogen and oxygen atoms in total. The maximum absolute atomic E-state index is 5.11. The maximum atomic E-state index is 5.11. The predicted octanol–water partition coefficient (Wildman–Crippen LogP) is 21.0. The van der Waals surface area contributed by atoms with Gasteiger partial charge in [-0.25, -0.2) is 0 Å². The molecule has 0 aliphatic heterocycles. The van der Waals surface area contributed by atoms with E-state index in [1.54, 1.807) is 0 Å². The van der Waals surface area contributed by atoms with Crippen molar-refractivity contribution in [2.24, 2.45) is 0 Å². The minimum atomic E-state index is 0.0110. The molecule has 0 unspecified atom stereocenters. The molecule has 0 heteroatoms. The molecule has 0 radical (unpaired) electrons. The topological polar surface area (TPSA) is 0 Å². The minimum absolute atomic E-state index is 0.0110. The Balaban J connectivity index is 1.54. The van der Waals surface area contributed by atoms with Crippen molar-refractivity contribution in [3.05, 3.63) is 224 Å². The zero-order valence-electron chi connectivity index (χ0n) is 57.3. The van der Waals surface area contributed by atoms with Crippen LogP contribution in [0.2, 0.25) is 0 Å². The lowest BCUT2D eigenvalue weighted by molar-refractivity contribution is 0.566. The fourth-order valence-corrected chi connectivity index (χ4v) is 12.2. The summed E-state index contributed by atoms with van der Waals surface area (Å²) >= 11 is 0. The van der Waals surface area contributed by atoms with Crippen LogP contribution in [-0.2, 0) is 69.0 Å². The molecule has 0 atom stereocenters. The highest BCUT2D eigenvalue weighted by molar-refractivity contribution is 6.13. The van der Waals surface area contributed by atoms with Gasteiger partial charge in [0.2, 0.25) is 0 Å². The molecule has 438 valence electrons. The summed E-state index contributed by atoms with van der Waals surface area (Å²) in [5.41, 5.74) is 32.6. The Morgan fingerprint density at radius 2 is 0.524 bits per heavy atom. The third-order valence-electron chi connectivity index (χ3n) is 18.3. The van der Waals surface area contributed by atoms with Gasteiger partial charge in [-0.1, -0.05) is 258 Å². The van der Waals surface area contributed by atoms with Crippen LogP contribution < -0.4 is 10.4 Å². The van der Waals surface area contributed by atoms with Crippen molar-refractivity contribution < 1.29 is 0 Å². The largest absolute Gasteiger partial charge is 0.0908 e. The molecule has 0 heterocycles. The van der Waals surface area contributed by atoms with Crippen LogP contribution in [0.15, 0.2) is 103 Å². The van der Waals surface area contributed by atoms with Crippen LogP contribution >= 0.6 is 0 Å². The Morgan fingerprint density at radius 3 is 0.768 bits per heavy atom. The van der Waals surface area contributed by atoms with Crippen molar-refractivity contribution >= 4 is 17.7 Å². The second-order valence-electron chi connectivity index (χ2n) is 33.7. The molecule has 0 spiro atoms. The molecule has 0 bridgehead atoms. The Labute approximate surface area is 502 Å². The van der Waals surface area contributed by atoms with Crippen molar-refractivity contribution in [1.82, 2.24) is 0 Å². The van der Waals surface area contributed by atoms with E-state index in [0.29, 0.717) is 0 Å². The van der Waals surface area contributed by atoms with Crippen molar-refractivity contribution in [1.29, 1.82) is 0 Å². The highest BCUT2D eigenvalue weighted by atomic mass is 14.4. The fraction of sp³-hybridized carbons (Fsp3) is 0.488. The van der Waals surface area contributed by atoms with Gasteiger partial charge in [0.15, 0.2) is 0 Å². The highest BCUT2D eigenvalue weighted by Gasteiger charge is 2.33. The normalized spacial score (nSPS) is 15.0. The lowest BCUT2D eigenvalue weighted by atomic mass is 9.70. The summed E-state index contributed by atoms with van der Waals surface area (Å²) in [6.45, 7) is 76.2. The zero-order chi connectivity index (χ0) is 61.7. The van der Waals surface area contributed by atoms with Crippen LogP contribution in [0.3, 0.4) is 0 Å². The van der Waals surface area contributed by atoms with Gasteiger partial charge in [0.05, 0.1) is 0 Å². The van der Waals surface area contributed by atoms with Crippen molar-refractivity contribution in [2.75, 3.05) is 0 Å². The summed E-state index contributed by atoms with van der Waals surface area (Å²) < 4.78 is 0. The third-order valence-corrected chi connectivity index (χ3v) is 18.3. The van der Waals surface area contributed by atoms with Gasteiger partial charge in [0, 0.05) is 0 Å². The molecule has 0 amide bonds. The van der Waals surface area contributed by atoms with E-state index >= 15 is 0 Å². The second-order valence-corrected chi connectivity index (χ2v) is 33.7. The lowest BCUT2D eigenvalue weighted by Crippen LogP contribution is -2.35. The van der Waals surface area contributed by atoms with E-state index in [1.807, 2.05) is 0 Å². The van der Waals surface area contributed by atoms with Crippen molar-refractivity contribution in [2.45, 2.75) is 263 Å². The van der Waals surface area contributed by atoms with E-state index < -0.39 is 0 Å². The molecule has 0 aromatic heterocycles. The first kappa shape index (κ1) is 64.1. The molecule has 0 fully saturated rings. The quantitative estimate of drug-likeness (QED) is 0.135. The van der Waals surface area contributed by atoms with E-state index in [9.17, 15) is 0 Å². The van der Waals surface area contributed by atoms with Crippen LogP contribution in [0.4, 0.5) is 0 Å². The van der Waals surface area contributed by atoms with Crippen molar-refractivity contribution in [3.63, 3.8) is 0 Å². The first-order valence-electron chi connectivity index (χ1n) is 31.1. The highest BCUT2D eigenvalue weighted by Crippen LogP contribution is 2.49. The molecule has 6 aromatic carbocycles. The van der Waals surface area contributed by atoms with Gasteiger partial charge in [0.25, 0.3) is 0 Å². The fourth-order valence-electron chi connectivity index (χ4n) is 12.2. The van der Waals surface area contributed by atoms with Crippen molar-refractivity contribution in [3.8, 4) is 0 Å². The van der Waals surface area contributed by atoms with E-state index in [2.05, 4.69) is 279 Å². The summed E-state index contributed by atoms with van der Waals surface area (Å²) in [4.78, 5) is 0. The Hall–Kier alpha value is -5.46. The molecule has 0 N–H and O–H groups in total. The van der Waals surface area contributed by atoms with Gasteiger partial charge < -0.3 is 0 Å². The van der Waals surface area contributed by atoms with Gasteiger partial charge in [-0.15, -0.1) is 0 Å². The molecule has 0 saturated carbocycles. The van der Waals surface area contributed by atoms with Crippen LogP contribution in [0, 0.1) is 20.8 Å². The summed E-state index contributed by atoms with van der Waals surface area (Å²) in [7, 11) is 0. The third kappa shape index (κ3) is 13.9. The number of rotatable bonds is 9. The SMILES string of the molecule is C=C1C(c2c(C)c(Cc3cc(C(C)(C)C)cc(C(C)(C)C)c3)cc(Cc3cc(C(C)(C)C)cc(C(C)(C)C)c3)c2C)=C(C)/C1=c1\cc(Cc2cc(C(C)(C)C)cc(C(C)(C)C)c2)c(C)c(Cc2cc(C(C)(C)C)cc(C(C)(C)C)c2)c1=C. The van der Waals surface area contributed by atoms with E-state index in [1.165, 1.54) is 133 Å². The Morgan fingerprint density at radius 1 is 0.280 bits per heavy atom. The molecule has 1 aliphatic rings. The molecular formula is C82H110.